The second-order valence-electron chi connectivity index (χ2n) is 3.27. The average Bonchev–Trinajstić information content (AvgIpc) is 2.74. The second-order valence-corrected chi connectivity index (χ2v) is 4.21. The highest BCUT2D eigenvalue weighted by molar-refractivity contribution is 7.09. The molecular formula is C11H15N3OS. The Morgan fingerprint density at radius 3 is 3.12 bits per heavy atom. The van der Waals surface area contributed by atoms with Crippen molar-refractivity contribution in [3.05, 3.63) is 16.1 Å². The van der Waals surface area contributed by atoms with Crippen LogP contribution in [0.4, 0.5) is 0 Å². The first-order valence-electron chi connectivity index (χ1n) is 5.12. The first kappa shape index (κ1) is 12.7. The fourth-order valence-corrected chi connectivity index (χ4v) is 1.94. The van der Waals surface area contributed by atoms with Crippen molar-refractivity contribution < 1.29 is 4.79 Å². The number of nitrogens with one attached hydrogen (secondary N) is 1. The van der Waals surface area contributed by atoms with E-state index in [4.69, 9.17) is 12.2 Å². The molecule has 4 nitrogen and oxygen atoms in total. The molecule has 0 saturated heterocycles. The van der Waals surface area contributed by atoms with Crippen molar-refractivity contribution in [1.82, 2.24) is 10.3 Å². The third-order valence-corrected chi connectivity index (χ3v) is 2.97. The number of carbonyl (C=O) groups excluding carboxylic acids is 1. The number of rotatable bonds is 5. The number of hydrogen-bond acceptors (Lipinski definition) is 4. The van der Waals surface area contributed by atoms with E-state index in [2.05, 4.69) is 16.2 Å². The van der Waals surface area contributed by atoms with E-state index in [-0.39, 0.29) is 11.9 Å². The maximum Gasteiger partial charge on any atom is 0.271 e. The monoisotopic (exact) mass is 237 g/mol. The van der Waals surface area contributed by atoms with Crippen molar-refractivity contribution in [1.29, 1.82) is 0 Å². The maximum absolute atomic E-state index is 11.7. The van der Waals surface area contributed by atoms with Gasteiger partial charge in [0.25, 0.3) is 5.91 Å². The smallest absolute Gasteiger partial charge is 0.271 e. The van der Waals surface area contributed by atoms with Crippen LogP contribution < -0.4 is 11.1 Å². The van der Waals surface area contributed by atoms with Crippen LogP contribution in [0.1, 0.15) is 28.8 Å². The van der Waals surface area contributed by atoms with Crippen molar-refractivity contribution in [2.75, 3.05) is 6.54 Å². The Kier molecular flexibility index (Phi) is 4.96. The standard InChI is InChI=1S/C11H15N3OS/c1-3-8(4-2)13-11(15)9-7-16-10(14-9)5-6-12/h1,7-8H,4-6,12H2,2H3,(H,13,15). The summed E-state index contributed by atoms with van der Waals surface area (Å²) in [7, 11) is 0. The van der Waals surface area contributed by atoms with E-state index >= 15 is 0 Å². The predicted molar refractivity (Wildman–Crippen MR) is 65.3 cm³/mol. The van der Waals surface area contributed by atoms with Gasteiger partial charge >= 0.3 is 0 Å². The molecule has 0 saturated carbocycles. The topological polar surface area (TPSA) is 68.0 Å². The van der Waals surface area contributed by atoms with Gasteiger partial charge in [-0.2, -0.15) is 0 Å². The molecule has 0 aliphatic heterocycles. The zero-order chi connectivity index (χ0) is 12.0. The molecule has 1 amide bonds. The van der Waals surface area contributed by atoms with Crippen molar-refractivity contribution in [2.24, 2.45) is 5.73 Å². The lowest BCUT2D eigenvalue weighted by molar-refractivity contribution is 0.0940. The van der Waals surface area contributed by atoms with Gasteiger partial charge in [-0.3, -0.25) is 4.79 Å². The van der Waals surface area contributed by atoms with Gasteiger partial charge in [0.15, 0.2) is 0 Å². The van der Waals surface area contributed by atoms with Gasteiger partial charge in [-0.25, -0.2) is 4.98 Å². The molecule has 1 atom stereocenters. The van der Waals surface area contributed by atoms with Gasteiger partial charge in [-0.05, 0) is 13.0 Å². The summed E-state index contributed by atoms with van der Waals surface area (Å²) in [6.45, 7) is 2.46. The normalized spacial score (nSPS) is 11.8. The summed E-state index contributed by atoms with van der Waals surface area (Å²) in [5, 5.41) is 5.33. The summed E-state index contributed by atoms with van der Waals surface area (Å²) in [6, 6.07) is -0.229. The van der Waals surface area contributed by atoms with Crippen molar-refractivity contribution in [2.45, 2.75) is 25.8 Å². The Labute approximate surface area is 99.3 Å². The number of aromatic nitrogens is 1. The minimum atomic E-state index is -0.229. The van der Waals surface area contributed by atoms with Crippen LogP contribution in [0.15, 0.2) is 5.38 Å². The molecule has 0 aliphatic rings. The summed E-state index contributed by atoms with van der Waals surface area (Å²) in [5.74, 6) is 2.29. The van der Waals surface area contributed by atoms with Gasteiger partial charge in [0, 0.05) is 11.8 Å². The molecule has 1 unspecified atom stereocenters. The zero-order valence-corrected chi connectivity index (χ0v) is 10.0. The third kappa shape index (κ3) is 3.33. The van der Waals surface area contributed by atoms with Crippen molar-refractivity contribution in [3.63, 3.8) is 0 Å². The molecular weight excluding hydrogens is 222 g/mol. The zero-order valence-electron chi connectivity index (χ0n) is 9.19. The van der Waals surface area contributed by atoms with E-state index in [9.17, 15) is 4.79 Å². The lowest BCUT2D eigenvalue weighted by Gasteiger charge is -2.08. The Morgan fingerprint density at radius 2 is 2.56 bits per heavy atom. The predicted octanol–water partition coefficient (Wildman–Crippen LogP) is 0.786. The molecule has 86 valence electrons. The fraction of sp³-hybridized carbons (Fsp3) is 0.455. The molecule has 0 aliphatic carbocycles. The molecule has 0 aromatic carbocycles. The SMILES string of the molecule is C#CC(CC)NC(=O)c1csc(CCN)n1. The van der Waals surface area contributed by atoms with Crippen LogP contribution in [-0.2, 0) is 6.42 Å². The molecule has 0 radical (unpaired) electrons. The molecule has 16 heavy (non-hydrogen) atoms. The summed E-state index contributed by atoms with van der Waals surface area (Å²) in [4.78, 5) is 15.9. The van der Waals surface area contributed by atoms with Gasteiger partial charge in [0.1, 0.15) is 5.69 Å². The summed E-state index contributed by atoms with van der Waals surface area (Å²) >= 11 is 1.44. The van der Waals surface area contributed by atoms with Gasteiger partial charge < -0.3 is 11.1 Å². The lowest BCUT2D eigenvalue weighted by Crippen LogP contribution is -2.33. The van der Waals surface area contributed by atoms with Gasteiger partial charge in [0.05, 0.1) is 11.0 Å². The first-order valence-corrected chi connectivity index (χ1v) is 6.00. The molecule has 3 N–H and O–H groups in total. The van der Waals surface area contributed by atoms with Crippen LogP contribution in [0.5, 0.6) is 0 Å². The second kappa shape index (κ2) is 6.26. The molecule has 1 aromatic heterocycles. The molecule has 0 spiro atoms. The van der Waals surface area contributed by atoms with Crippen molar-refractivity contribution in [3.8, 4) is 12.3 Å². The number of nitrogens with two attached hydrogens (primary N) is 1. The van der Waals surface area contributed by atoms with Gasteiger partial charge in [0.2, 0.25) is 0 Å². The van der Waals surface area contributed by atoms with Crippen molar-refractivity contribution >= 4 is 17.2 Å². The highest BCUT2D eigenvalue weighted by atomic mass is 32.1. The molecule has 0 bridgehead atoms. The van der Waals surface area contributed by atoms with E-state index in [1.807, 2.05) is 6.92 Å². The van der Waals surface area contributed by atoms with Gasteiger partial charge in [-0.15, -0.1) is 17.8 Å². The summed E-state index contributed by atoms with van der Waals surface area (Å²) in [6.07, 6.45) is 6.67. The molecule has 1 heterocycles. The van der Waals surface area contributed by atoms with E-state index in [1.165, 1.54) is 11.3 Å². The summed E-state index contributed by atoms with van der Waals surface area (Å²) in [5.41, 5.74) is 5.83. The molecule has 1 aromatic rings. The largest absolute Gasteiger partial charge is 0.337 e. The molecule has 1 rings (SSSR count). The highest BCUT2D eigenvalue weighted by Gasteiger charge is 2.13. The number of carbonyl (C=O) groups is 1. The van der Waals surface area contributed by atoms with E-state index < -0.39 is 0 Å². The Bertz CT molecular complexity index is 394. The van der Waals surface area contributed by atoms with Crippen LogP contribution in [-0.4, -0.2) is 23.5 Å². The van der Waals surface area contributed by atoms with E-state index in [0.717, 1.165) is 5.01 Å². The molecule has 5 heteroatoms. The number of amides is 1. The quantitative estimate of drug-likeness (QED) is 0.744. The first-order chi connectivity index (χ1) is 7.71. The lowest BCUT2D eigenvalue weighted by atomic mass is 10.2. The van der Waals surface area contributed by atoms with E-state index in [0.29, 0.717) is 25.1 Å². The Morgan fingerprint density at radius 1 is 1.81 bits per heavy atom. The van der Waals surface area contributed by atoms with Crippen LogP contribution >= 0.6 is 11.3 Å². The molecule has 0 fully saturated rings. The number of nitrogens with zero attached hydrogens (tertiary/aromatic N) is 1. The minimum Gasteiger partial charge on any atom is -0.337 e. The summed E-state index contributed by atoms with van der Waals surface area (Å²) < 4.78 is 0. The number of hydrogen-bond donors (Lipinski definition) is 2. The number of terminal acetylenes is 1. The Balaban J connectivity index is 2.62. The van der Waals surface area contributed by atoms with Gasteiger partial charge in [-0.1, -0.05) is 12.8 Å². The maximum atomic E-state index is 11.7. The number of thiazole rings is 1. The third-order valence-electron chi connectivity index (χ3n) is 2.06. The van der Waals surface area contributed by atoms with Crippen LogP contribution in [0.2, 0.25) is 0 Å². The Hall–Kier alpha value is -1.38. The van der Waals surface area contributed by atoms with E-state index in [1.54, 1.807) is 5.38 Å². The fourth-order valence-electron chi connectivity index (χ4n) is 1.15. The average molecular weight is 237 g/mol. The van der Waals surface area contributed by atoms with Crippen LogP contribution in [0.25, 0.3) is 0 Å². The van der Waals surface area contributed by atoms with Crippen LogP contribution in [0.3, 0.4) is 0 Å². The van der Waals surface area contributed by atoms with Crippen LogP contribution in [0, 0.1) is 12.3 Å². The highest BCUT2D eigenvalue weighted by Crippen LogP contribution is 2.10. The minimum absolute atomic E-state index is 0.218.